The van der Waals surface area contributed by atoms with Gasteiger partial charge in [0, 0.05) is 18.8 Å². The minimum absolute atomic E-state index is 0.353. The molecule has 6 heteroatoms. The van der Waals surface area contributed by atoms with Gasteiger partial charge in [0.15, 0.2) is 0 Å². The molecule has 0 saturated carbocycles. The van der Waals surface area contributed by atoms with E-state index in [1.54, 1.807) is 26.4 Å². The summed E-state index contributed by atoms with van der Waals surface area (Å²) >= 11 is 3.40. The van der Waals surface area contributed by atoms with Gasteiger partial charge in [-0.2, -0.15) is 0 Å². The summed E-state index contributed by atoms with van der Waals surface area (Å²) in [4.78, 5) is 12.6. The Morgan fingerprint density at radius 2 is 1.70 bits per heavy atom. The molecule has 23 heavy (non-hydrogen) atoms. The van der Waals surface area contributed by atoms with E-state index in [1.807, 2.05) is 13.8 Å². The number of carbonyl (C=O) groups excluding carboxylic acids is 1. The van der Waals surface area contributed by atoms with Crippen LogP contribution in [0.5, 0.6) is 11.5 Å². The Hall–Kier alpha value is -1.27. The molecule has 0 aliphatic carbocycles. The molecule has 0 amide bonds. The molecular formula is C17H25BrNO4+. The predicted octanol–water partition coefficient (Wildman–Crippen LogP) is 2.38. The lowest BCUT2D eigenvalue weighted by atomic mass is 9.83. The number of halogens is 1. The van der Waals surface area contributed by atoms with Crippen LogP contribution in [0.4, 0.5) is 0 Å². The van der Waals surface area contributed by atoms with Crippen LogP contribution in [-0.2, 0) is 4.74 Å². The molecule has 2 rings (SSSR count). The van der Waals surface area contributed by atoms with Gasteiger partial charge in [-0.3, -0.25) is 0 Å². The van der Waals surface area contributed by atoms with Crippen LogP contribution in [0.2, 0.25) is 0 Å². The van der Waals surface area contributed by atoms with Crippen LogP contribution in [0.25, 0.3) is 0 Å². The third-order valence-electron chi connectivity index (χ3n) is 4.46. The zero-order valence-corrected chi connectivity index (χ0v) is 15.7. The molecule has 1 aromatic rings. The van der Waals surface area contributed by atoms with E-state index in [4.69, 9.17) is 14.2 Å². The summed E-state index contributed by atoms with van der Waals surface area (Å²) in [5, 5.41) is 2.30. The maximum absolute atomic E-state index is 12.6. The number of nitrogens with two attached hydrogens (primary N) is 1. The second-order valence-corrected chi connectivity index (χ2v) is 7.12. The number of hydrogen-bond donors (Lipinski definition) is 1. The number of methoxy groups -OCH3 is 2. The average molecular weight is 387 g/mol. The van der Waals surface area contributed by atoms with Crippen LogP contribution < -0.4 is 14.8 Å². The Bertz CT molecular complexity index is 543. The van der Waals surface area contributed by atoms with E-state index in [9.17, 15) is 4.79 Å². The largest absolute Gasteiger partial charge is 0.495 e. The first-order valence-corrected chi connectivity index (χ1v) is 8.65. The van der Waals surface area contributed by atoms with Gasteiger partial charge >= 0.3 is 5.97 Å². The predicted molar refractivity (Wildman–Crippen MR) is 91.1 cm³/mol. The maximum atomic E-state index is 12.6. The Balaban J connectivity index is 2.19. The van der Waals surface area contributed by atoms with Crippen molar-refractivity contribution >= 4 is 21.9 Å². The third-order valence-corrected chi connectivity index (χ3v) is 5.24. The van der Waals surface area contributed by atoms with Crippen LogP contribution in [0, 0.1) is 5.92 Å². The Morgan fingerprint density at radius 3 is 2.17 bits per heavy atom. The van der Waals surface area contributed by atoms with Crippen molar-refractivity contribution in [1.82, 2.24) is 0 Å². The number of hydrogen-bond acceptors (Lipinski definition) is 4. The lowest BCUT2D eigenvalue weighted by molar-refractivity contribution is -0.665. The molecule has 0 spiro atoms. The fraction of sp³-hybridized carbons (Fsp3) is 0.588. The molecule has 5 nitrogen and oxygen atoms in total. The molecule has 1 aliphatic rings. The molecule has 0 aromatic heterocycles. The van der Waals surface area contributed by atoms with Crippen molar-refractivity contribution in [2.75, 3.05) is 27.3 Å². The van der Waals surface area contributed by atoms with Crippen molar-refractivity contribution in [2.24, 2.45) is 5.92 Å². The van der Waals surface area contributed by atoms with Crippen molar-refractivity contribution in [3.05, 3.63) is 22.2 Å². The number of piperidine rings is 1. The first-order chi connectivity index (χ1) is 10.9. The summed E-state index contributed by atoms with van der Waals surface area (Å²) in [7, 11) is 3.11. The zero-order valence-electron chi connectivity index (χ0n) is 14.1. The molecule has 128 valence electrons. The molecule has 1 heterocycles. The first-order valence-electron chi connectivity index (χ1n) is 7.85. The summed E-state index contributed by atoms with van der Waals surface area (Å²) < 4.78 is 17.1. The van der Waals surface area contributed by atoms with Crippen molar-refractivity contribution in [3.63, 3.8) is 0 Å². The highest BCUT2D eigenvalue weighted by molar-refractivity contribution is 9.10. The van der Waals surface area contributed by atoms with Gasteiger partial charge in [-0.15, -0.1) is 0 Å². The lowest BCUT2D eigenvalue weighted by Crippen LogP contribution is -2.86. The minimum Gasteiger partial charge on any atom is -0.495 e. The van der Waals surface area contributed by atoms with Crippen LogP contribution >= 0.6 is 15.9 Å². The molecule has 0 atom stereocenters. The second kappa shape index (κ2) is 7.53. The minimum atomic E-state index is -0.487. The van der Waals surface area contributed by atoms with Crippen molar-refractivity contribution in [3.8, 4) is 11.5 Å². The van der Waals surface area contributed by atoms with Crippen molar-refractivity contribution in [1.29, 1.82) is 0 Å². The lowest BCUT2D eigenvalue weighted by Gasteiger charge is -2.35. The summed E-state index contributed by atoms with van der Waals surface area (Å²) in [6.07, 6.45) is 2.13. The molecule has 2 N–H and O–H groups in total. The van der Waals surface area contributed by atoms with Gasteiger partial charge in [-0.1, -0.05) is 0 Å². The highest BCUT2D eigenvalue weighted by Gasteiger charge is 2.35. The highest BCUT2D eigenvalue weighted by atomic mass is 79.9. The normalized spacial score (nSPS) is 16.0. The number of rotatable bonds is 5. The van der Waals surface area contributed by atoms with Crippen molar-refractivity contribution < 1.29 is 24.3 Å². The number of carbonyl (C=O) groups is 1. The standard InChI is InChI=1S/C17H24BrNO4/c1-17(2,12-5-7-19-8-6-12)23-16(20)11-9-13(21-3)15(18)14(10-11)22-4/h9-10,12,19H,5-8H2,1-4H3/p+1. The van der Waals surface area contributed by atoms with Crippen molar-refractivity contribution in [2.45, 2.75) is 32.3 Å². The molecule has 1 aliphatic heterocycles. The van der Waals surface area contributed by atoms with Crippen LogP contribution in [0.3, 0.4) is 0 Å². The zero-order chi connectivity index (χ0) is 17.0. The monoisotopic (exact) mass is 386 g/mol. The van der Waals surface area contributed by atoms with Gasteiger partial charge in [-0.25, -0.2) is 4.79 Å². The number of ether oxygens (including phenoxy) is 3. The number of benzene rings is 1. The van der Waals surface area contributed by atoms with Crippen LogP contribution in [0.1, 0.15) is 37.0 Å². The smallest absolute Gasteiger partial charge is 0.338 e. The fourth-order valence-corrected chi connectivity index (χ4v) is 3.54. The second-order valence-electron chi connectivity index (χ2n) is 6.33. The van der Waals surface area contributed by atoms with Gasteiger partial charge in [-0.05, 0) is 41.9 Å². The van der Waals surface area contributed by atoms with Crippen LogP contribution in [0.15, 0.2) is 16.6 Å². The molecule has 1 aromatic carbocycles. The maximum Gasteiger partial charge on any atom is 0.338 e. The number of esters is 1. The van der Waals surface area contributed by atoms with Gasteiger partial charge in [0.1, 0.15) is 21.6 Å². The third kappa shape index (κ3) is 4.18. The quantitative estimate of drug-likeness (QED) is 0.789. The van der Waals surface area contributed by atoms with Gasteiger partial charge < -0.3 is 19.5 Å². The Labute approximate surface area is 145 Å². The van der Waals surface area contributed by atoms with Gasteiger partial charge in [0.2, 0.25) is 0 Å². The van der Waals surface area contributed by atoms with Crippen LogP contribution in [-0.4, -0.2) is 38.9 Å². The van der Waals surface area contributed by atoms with E-state index in [0.717, 1.165) is 25.9 Å². The molecule has 0 bridgehead atoms. The highest BCUT2D eigenvalue weighted by Crippen LogP contribution is 2.36. The Kier molecular flexibility index (Phi) is 5.92. The molecule has 1 fully saturated rings. The summed E-state index contributed by atoms with van der Waals surface area (Å²) in [6, 6.07) is 3.33. The molecule has 1 saturated heterocycles. The van der Waals surface area contributed by atoms with Gasteiger partial charge in [0.05, 0.1) is 32.9 Å². The molecular weight excluding hydrogens is 362 g/mol. The van der Waals surface area contributed by atoms with E-state index in [0.29, 0.717) is 27.5 Å². The summed E-state index contributed by atoms with van der Waals surface area (Å²) in [6.45, 7) is 6.17. The van der Waals surface area contributed by atoms with E-state index < -0.39 is 5.60 Å². The average Bonchev–Trinajstić information content (AvgIpc) is 2.55. The topological polar surface area (TPSA) is 61.4 Å². The Morgan fingerprint density at radius 1 is 1.17 bits per heavy atom. The summed E-state index contributed by atoms with van der Waals surface area (Å²) in [5.74, 6) is 1.12. The van der Waals surface area contributed by atoms with Gasteiger partial charge in [0.25, 0.3) is 0 Å². The van der Waals surface area contributed by atoms with E-state index in [2.05, 4.69) is 21.2 Å². The van der Waals surface area contributed by atoms with E-state index in [-0.39, 0.29) is 5.97 Å². The number of quaternary nitrogens is 1. The first kappa shape index (κ1) is 18.1. The fourth-order valence-electron chi connectivity index (χ4n) is 2.99. The molecule has 0 radical (unpaired) electrons. The summed E-state index contributed by atoms with van der Waals surface area (Å²) in [5.41, 5.74) is -0.0591. The van der Waals surface area contributed by atoms with E-state index >= 15 is 0 Å². The SMILES string of the molecule is COc1cc(C(=O)OC(C)(C)C2CC[NH2+]CC2)cc(OC)c1Br. The van der Waals surface area contributed by atoms with E-state index in [1.165, 1.54) is 0 Å². The molecule has 0 unspecified atom stereocenters.